The van der Waals surface area contributed by atoms with Gasteiger partial charge in [0.1, 0.15) is 11.6 Å². The summed E-state index contributed by atoms with van der Waals surface area (Å²) in [6.07, 6.45) is 1.74. The third kappa shape index (κ3) is 3.82. The zero-order valence-electron chi connectivity index (χ0n) is 16.1. The molecule has 0 radical (unpaired) electrons. The van der Waals surface area contributed by atoms with Gasteiger partial charge >= 0.3 is 6.03 Å². The molecule has 2 aromatic carbocycles. The number of likely N-dealkylation sites (N-methyl/N-ethyl adjacent to an activating group) is 1. The van der Waals surface area contributed by atoms with Crippen LogP contribution >= 0.6 is 0 Å². The van der Waals surface area contributed by atoms with Crippen molar-refractivity contribution in [2.24, 2.45) is 0 Å². The number of pyridine rings is 1. The number of anilines is 1. The molecule has 6 heteroatoms. The van der Waals surface area contributed by atoms with Gasteiger partial charge < -0.3 is 9.80 Å². The number of nitrogens with zero attached hydrogens (tertiary/aromatic N) is 3. The number of carbonyl (C=O) groups excluding carboxylic acids is 1. The van der Waals surface area contributed by atoms with E-state index in [2.05, 4.69) is 22.2 Å². The van der Waals surface area contributed by atoms with Crippen LogP contribution in [-0.4, -0.2) is 54.0 Å². The van der Waals surface area contributed by atoms with Gasteiger partial charge in [0.25, 0.3) is 0 Å². The molecule has 28 heavy (non-hydrogen) atoms. The summed E-state index contributed by atoms with van der Waals surface area (Å²) in [5, 5.41) is 4.81. The molecule has 1 aromatic heterocycles. The first kappa shape index (κ1) is 18.4. The largest absolute Gasteiger partial charge is 0.323 e. The first-order valence-electron chi connectivity index (χ1n) is 9.40. The van der Waals surface area contributed by atoms with Gasteiger partial charge in [-0.25, -0.2) is 14.2 Å². The summed E-state index contributed by atoms with van der Waals surface area (Å²) in [6, 6.07) is 12.5. The van der Waals surface area contributed by atoms with Gasteiger partial charge in [-0.15, -0.1) is 0 Å². The van der Waals surface area contributed by atoms with E-state index < -0.39 is 0 Å². The fourth-order valence-electron chi connectivity index (χ4n) is 3.48. The van der Waals surface area contributed by atoms with Crippen molar-refractivity contribution in [3.8, 4) is 11.1 Å². The van der Waals surface area contributed by atoms with Gasteiger partial charge in [0.05, 0.1) is 0 Å². The van der Waals surface area contributed by atoms with E-state index >= 15 is 0 Å². The minimum atomic E-state index is -0.249. The van der Waals surface area contributed by atoms with Crippen molar-refractivity contribution in [3.05, 3.63) is 60.0 Å². The second-order valence-electron chi connectivity index (χ2n) is 7.31. The molecule has 0 spiro atoms. The number of amides is 2. The molecule has 1 fully saturated rings. The van der Waals surface area contributed by atoms with Gasteiger partial charge in [0, 0.05) is 37.8 Å². The van der Waals surface area contributed by atoms with Crippen LogP contribution < -0.4 is 5.32 Å². The Kier molecular flexibility index (Phi) is 4.96. The van der Waals surface area contributed by atoms with E-state index in [0.29, 0.717) is 18.9 Å². The number of hydrogen-bond acceptors (Lipinski definition) is 3. The summed E-state index contributed by atoms with van der Waals surface area (Å²) >= 11 is 0. The summed E-state index contributed by atoms with van der Waals surface area (Å²) in [5.74, 6) is 0.284. The van der Waals surface area contributed by atoms with Gasteiger partial charge in [-0.3, -0.25) is 5.32 Å². The Hall–Kier alpha value is -2.99. The molecule has 0 saturated carbocycles. The van der Waals surface area contributed by atoms with E-state index in [9.17, 15) is 9.18 Å². The molecule has 0 bridgehead atoms. The minimum absolute atomic E-state index is 0.119. The maximum atomic E-state index is 13.6. The number of carbonyl (C=O) groups is 1. The Balaban J connectivity index is 1.55. The van der Waals surface area contributed by atoms with Gasteiger partial charge in [-0.05, 0) is 60.3 Å². The second-order valence-corrected chi connectivity index (χ2v) is 7.31. The van der Waals surface area contributed by atoms with Crippen molar-refractivity contribution in [1.29, 1.82) is 0 Å². The molecule has 0 unspecified atom stereocenters. The Morgan fingerprint density at radius 1 is 1.04 bits per heavy atom. The number of nitrogens with one attached hydrogen (secondary N) is 1. The highest BCUT2D eigenvalue weighted by Gasteiger charge is 2.19. The molecule has 4 rings (SSSR count). The van der Waals surface area contributed by atoms with E-state index in [0.717, 1.165) is 40.6 Å². The van der Waals surface area contributed by atoms with Crippen molar-refractivity contribution in [2.45, 2.75) is 6.92 Å². The first-order valence-corrected chi connectivity index (χ1v) is 9.40. The van der Waals surface area contributed by atoms with E-state index in [1.807, 2.05) is 36.1 Å². The van der Waals surface area contributed by atoms with Crippen LogP contribution in [0.5, 0.6) is 0 Å². The normalized spacial score (nSPS) is 15.0. The summed E-state index contributed by atoms with van der Waals surface area (Å²) < 4.78 is 13.6. The predicted octanol–water partition coefficient (Wildman–Crippen LogP) is 4.13. The summed E-state index contributed by atoms with van der Waals surface area (Å²) in [6.45, 7) is 5.15. The lowest BCUT2D eigenvalue weighted by Crippen LogP contribution is -2.48. The average molecular weight is 378 g/mol. The molecule has 1 aliphatic rings. The van der Waals surface area contributed by atoms with Gasteiger partial charge in [-0.2, -0.15) is 0 Å². The zero-order valence-corrected chi connectivity index (χ0v) is 16.1. The van der Waals surface area contributed by atoms with E-state index in [-0.39, 0.29) is 11.8 Å². The van der Waals surface area contributed by atoms with Crippen molar-refractivity contribution in [3.63, 3.8) is 0 Å². The molecule has 1 N–H and O–H groups in total. The van der Waals surface area contributed by atoms with E-state index in [1.165, 1.54) is 6.07 Å². The molecule has 3 aromatic rings. The lowest BCUT2D eigenvalue weighted by atomic mass is 9.98. The molecule has 2 heterocycles. The first-order chi connectivity index (χ1) is 13.5. The Morgan fingerprint density at radius 2 is 1.82 bits per heavy atom. The number of fused-ring (bicyclic) bond motifs is 1. The summed E-state index contributed by atoms with van der Waals surface area (Å²) in [4.78, 5) is 20.8. The Bertz CT molecular complexity index is 1030. The van der Waals surface area contributed by atoms with Crippen LogP contribution in [0, 0.1) is 12.7 Å². The van der Waals surface area contributed by atoms with Gasteiger partial charge in [0.2, 0.25) is 0 Å². The zero-order chi connectivity index (χ0) is 19.7. The fraction of sp³-hybridized carbons (Fsp3) is 0.273. The minimum Gasteiger partial charge on any atom is -0.322 e. The van der Waals surface area contributed by atoms with Crippen molar-refractivity contribution in [1.82, 2.24) is 14.8 Å². The average Bonchev–Trinajstić information content (AvgIpc) is 2.70. The SMILES string of the molecule is Cc1ccc(F)cc1-c1ccc2cc(NC(=O)N3CCN(C)CC3)ncc2c1. The number of benzene rings is 2. The van der Waals surface area contributed by atoms with Crippen LogP contribution in [0.25, 0.3) is 21.9 Å². The molecule has 1 aliphatic heterocycles. The highest BCUT2D eigenvalue weighted by atomic mass is 19.1. The summed E-state index contributed by atoms with van der Waals surface area (Å²) in [7, 11) is 2.06. The number of urea groups is 1. The van der Waals surface area contributed by atoms with Crippen molar-refractivity contribution in [2.75, 3.05) is 38.5 Å². The number of rotatable bonds is 2. The molecule has 144 valence electrons. The smallest absolute Gasteiger partial charge is 0.322 e. The molecule has 0 aliphatic carbocycles. The molecule has 2 amide bonds. The number of aryl methyl sites for hydroxylation is 1. The van der Waals surface area contributed by atoms with Crippen LogP contribution in [0.1, 0.15) is 5.56 Å². The topological polar surface area (TPSA) is 48.5 Å². The third-order valence-electron chi connectivity index (χ3n) is 5.26. The molecule has 1 saturated heterocycles. The van der Waals surface area contributed by atoms with Crippen LogP contribution in [0.4, 0.5) is 15.0 Å². The monoisotopic (exact) mass is 378 g/mol. The highest BCUT2D eigenvalue weighted by molar-refractivity contribution is 5.93. The van der Waals surface area contributed by atoms with Gasteiger partial charge in [0.15, 0.2) is 0 Å². The highest BCUT2D eigenvalue weighted by Crippen LogP contribution is 2.28. The molecule has 5 nitrogen and oxygen atoms in total. The standard InChI is InChI=1S/C22H23FN4O/c1-15-3-6-19(23)13-20(15)17-5-4-16-12-21(24-14-18(16)11-17)25-22(28)27-9-7-26(2)8-10-27/h3-6,11-14H,7-10H2,1-2H3,(H,24,25,28). The quantitative estimate of drug-likeness (QED) is 0.729. The van der Waals surface area contributed by atoms with Crippen LogP contribution in [0.2, 0.25) is 0 Å². The molecule has 0 atom stereocenters. The van der Waals surface area contributed by atoms with Crippen LogP contribution in [0.3, 0.4) is 0 Å². The second kappa shape index (κ2) is 7.56. The molecular formula is C22H23FN4O. The van der Waals surface area contributed by atoms with Crippen LogP contribution in [-0.2, 0) is 0 Å². The predicted molar refractivity (Wildman–Crippen MR) is 110 cm³/mol. The maximum absolute atomic E-state index is 13.6. The third-order valence-corrected chi connectivity index (χ3v) is 5.26. The van der Waals surface area contributed by atoms with Crippen molar-refractivity contribution >= 4 is 22.6 Å². The number of hydrogen-bond donors (Lipinski definition) is 1. The van der Waals surface area contributed by atoms with E-state index in [1.54, 1.807) is 18.3 Å². The lowest BCUT2D eigenvalue weighted by molar-refractivity contribution is 0.164. The molecular weight excluding hydrogens is 355 g/mol. The Morgan fingerprint density at radius 3 is 2.61 bits per heavy atom. The van der Waals surface area contributed by atoms with E-state index in [4.69, 9.17) is 0 Å². The van der Waals surface area contributed by atoms with Crippen LogP contribution in [0.15, 0.2) is 48.7 Å². The number of aromatic nitrogens is 1. The number of piperazine rings is 1. The number of halogens is 1. The maximum Gasteiger partial charge on any atom is 0.323 e. The fourth-order valence-corrected chi connectivity index (χ4v) is 3.48. The van der Waals surface area contributed by atoms with Crippen molar-refractivity contribution < 1.29 is 9.18 Å². The Labute approximate surface area is 163 Å². The van der Waals surface area contributed by atoms with Gasteiger partial charge in [-0.1, -0.05) is 18.2 Å². The summed E-state index contributed by atoms with van der Waals surface area (Å²) in [5.41, 5.74) is 2.83. The lowest BCUT2D eigenvalue weighted by Gasteiger charge is -2.32.